The molecule has 1 fully saturated rings. The van der Waals surface area contributed by atoms with Gasteiger partial charge in [0.25, 0.3) is 5.69 Å². The number of hydrogen-bond acceptors (Lipinski definition) is 6. The molecule has 0 radical (unpaired) electrons. The fraction of sp³-hybridized carbons (Fsp3) is 0.333. The van der Waals surface area contributed by atoms with Crippen LogP contribution in [0.4, 0.5) is 11.5 Å². The molecule has 1 aromatic heterocycles. The fourth-order valence-electron chi connectivity index (χ4n) is 3.12. The van der Waals surface area contributed by atoms with Crippen molar-refractivity contribution >= 4 is 11.5 Å². The summed E-state index contributed by atoms with van der Waals surface area (Å²) in [5.74, 6) is 0.650. The highest BCUT2D eigenvalue weighted by Crippen LogP contribution is 2.26. The normalized spacial score (nSPS) is 18.5. The predicted molar refractivity (Wildman–Crippen MR) is 94.1 cm³/mol. The largest absolute Gasteiger partial charge is 0.366 e. The lowest BCUT2D eigenvalue weighted by atomic mass is 10.0. The van der Waals surface area contributed by atoms with Gasteiger partial charge in [-0.1, -0.05) is 12.1 Å². The van der Waals surface area contributed by atoms with Crippen molar-refractivity contribution in [2.45, 2.75) is 25.4 Å². The van der Waals surface area contributed by atoms with E-state index in [-0.39, 0.29) is 17.8 Å². The van der Waals surface area contributed by atoms with Gasteiger partial charge in [-0.3, -0.25) is 15.0 Å². The maximum Gasteiger partial charge on any atom is 0.287 e. The highest BCUT2D eigenvalue weighted by atomic mass is 16.6. The topological polar surface area (TPSA) is 95.1 Å². The minimum absolute atomic E-state index is 0.00963. The van der Waals surface area contributed by atoms with E-state index in [1.165, 1.54) is 12.3 Å². The average molecular weight is 337 g/mol. The third kappa shape index (κ3) is 3.92. The Morgan fingerprint density at radius 2 is 2.28 bits per heavy atom. The molecule has 2 atom stereocenters. The number of likely N-dealkylation sites (tertiary alicyclic amines) is 1. The van der Waals surface area contributed by atoms with Gasteiger partial charge in [-0.15, -0.1) is 0 Å². The van der Waals surface area contributed by atoms with Crippen molar-refractivity contribution in [3.63, 3.8) is 0 Å². The molecule has 0 unspecified atom stereocenters. The third-order valence-corrected chi connectivity index (χ3v) is 4.58. The molecule has 3 rings (SSSR count). The second kappa shape index (κ2) is 7.28. The molecule has 1 aromatic carbocycles. The van der Waals surface area contributed by atoms with Crippen LogP contribution in [0.1, 0.15) is 30.5 Å². The molecule has 0 aliphatic carbocycles. The Hall–Kier alpha value is -2.98. The first kappa shape index (κ1) is 16.9. The number of nitrogens with zero attached hydrogens (tertiary/aromatic N) is 4. The van der Waals surface area contributed by atoms with Crippen LogP contribution in [-0.4, -0.2) is 33.9 Å². The van der Waals surface area contributed by atoms with Crippen LogP contribution >= 0.6 is 0 Å². The Balaban J connectivity index is 1.61. The third-order valence-electron chi connectivity index (χ3n) is 4.58. The van der Waals surface area contributed by atoms with Crippen LogP contribution in [0.25, 0.3) is 0 Å². The highest BCUT2D eigenvalue weighted by molar-refractivity contribution is 5.41. The Labute approximate surface area is 146 Å². The van der Waals surface area contributed by atoms with Gasteiger partial charge in [0.05, 0.1) is 16.6 Å². The van der Waals surface area contributed by atoms with Crippen molar-refractivity contribution in [1.82, 2.24) is 9.88 Å². The van der Waals surface area contributed by atoms with Crippen molar-refractivity contribution in [3.8, 4) is 6.07 Å². The number of aromatic nitrogens is 1. The molecule has 1 N–H and O–H groups in total. The molecule has 2 aromatic rings. The molecule has 7 heteroatoms. The maximum atomic E-state index is 10.7. The number of pyridine rings is 1. The Morgan fingerprint density at radius 1 is 1.44 bits per heavy atom. The average Bonchev–Trinajstić information content (AvgIpc) is 3.10. The van der Waals surface area contributed by atoms with Gasteiger partial charge >= 0.3 is 0 Å². The first-order valence-corrected chi connectivity index (χ1v) is 8.18. The summed E-state index contributed by atoms with van der Waals surface area (Å²) in [7, 11) is 0. The molecule has 0 amide bonds. The van der Waals surface area contributed by atoms with Gasteiger partial charge in [0, 0.05) is 31.2 Å². The van der Waals surface area contributed by atoms with E-state index in [1.54, 1.807) is 6.07 Å². The van der Waals surface area contributed by atoms with Crippen LogP contribution in [0, 0.1) is 21.4 Å². The van der Waals surface area contributed by atoms with E-state index in [0.717, 1.165) is 25.1 Å². The molecule has 1 aliphatic rings. The molecular weight excluding hydrogens is 318 g/mol. The number of hydrogen-bond donors (Lipinski definition) is 1. The smallest absolute Gasteiger partial charge is 0.287 e. The molecule has 1 aliphatic heterocycles. The van der Waals surface area contributed by atoms with Crippen LogP contribution in [0.15, 0.2) is 42.6 Å². The first-order valence-electron chi connectivity index (χ1n) is 8.18. The Morgan fingerprint density at radius 3 is 2.96 bits per heavy atom. The number of anilines is 1. The molecular formula is C18H19N5O2. The molecule has 0 spiro atoms. The van der Waals surface area contributed by atoms with Crippen molar-refractivity contribution in [1.29, 1.82) is 5.26 Å². The minimum Gasteiger partial charge on any atom is -0.366 e. The zero-order valence-corrected chi connectivity index (χ0v) is 13.9. The highest BCUT2D eigenvalue weighted by Gasteiger charge is 2.27. The summed E-state index contributed by atoms with van der Waals surface area (Å²) in [4.78, 5) is 16.7. The van der Waals surface area contributed by atoms with E-state index in [4.69, 9.17) is 5.26 Å². The summed E-state index contributed by atoms with van der Waals surface area (Å²) in [5.41, 5.74) is 1.80. The molecule has 7 nitrogen and oxygen atoms in total. The molecule has 0 bridgehead atoms. The summed E-state index contributed by atoms with van der Waals surface area (Å²) in [5, 5.41) is 23.1. The lowest BCUT2D eigenvalue weighted by molar-refractivity contribution is -0.385. The maximum absolute atomic E-state index is 10.7. The summed E-state index contributed by atoms with van der Waals surface area (Å²) in [6, 6.07) is 13.5. The Kier molecular flexibility index (Phi) is 4.91. The molecule has 2 heterocycles. The van der Waals surface area contributed by atoms with Gasteiger partial charge in [-0.2, -0.15) is 5.26 Å². The van der Waals surface area contributed by atoms with Gasteiger partial charge in [-0.25, -0.2) is 4.98 Å². The van der Waals surface area contributed by atoms with Crippen molar-refractivity contribution in [2.24, 2.45) is 0 Å². The summed E-state index contributed by atoms with van der Waals surface area (Å²) < 4.78 is 0. The van der Waals surface area contributed by atoms with E-state index in [2.05, 4.69) is 28.2 Å². The number of nitriles is 1. The molecule has 0 saturated carbocycles. The van der Waals surface area contributed by atoms with Crippen molar-refractivity contribution in [3.05, 3.63) is 63.8 Å². The van der Waals surface area contributed by atoms with Crippen molar-refractivity contribution < 1.29 is 4.92 Å². The molecule has 128 valence electrons. The van der Waals surface area contributed by atoms with Crippen LogP contribution in [-0.2, 0) is 0 Å². The lowest BCUT2D eigenvalue weighted by Gasteiger charge is -2.25. The number of nitro groups is 1. The lowest BCUT2D eigenvalue weighted by Crippen LogP contribution is -2.28. The number of rotatable bonds is 5. The summed E-state index contributed by atoms with van der Waals surface area (Å²) >= 11 is 0. The quantitative estimate of drug-likeness (QED) is 0.665. The molecule has 1 saturated heterocycles. The van der Waals surface area contributed by atoms with E-state index in [0.29, 0.717) is 11.4 Å². The second-order valence-corrected chi connectivity index (χ2v) is 6.20. The zero-order valence-electron chi connectivity index (χ0n) is 13.9. The van der Waals surface area contributed by atoms with E-state index in [9.17, 15) is 10.1 Å². The minimum atomic E-state index is -0.453. The van der Waals surface area contributed by atoms with Crippen LogP contribution in [0.2, 0.25) is 0 Å². The van der Waals surface area contributed by atoms with E-state index < -0.39 is 4.92 Å². The van der Waals surface area contributed by atoms with Gasteiger partial charge in [0.1, 0.15) is 12.0 Å². The number of nitrogens with one attached hydrogen (secondary N) is 1. The summed E-state index contributed by atoms with van der Waals surface area (Å²) in [6.07, 6.45) is 2.24. The summed E-state index contributed by atoms with van der Waals surface area (Å²) in [6.45, 7) is 3.95. The van der Waals surface area contributed by atoms with Crippen LogP contribution < -0.4 is 5.32 Å². The number of benzene rings is 1. The zero-order chi connectivity index (χ0) is 17.8. The first-order chi connectivity index (χ1) is 12.1. The second-order valence-electron chi connectivity index (χ2n) is 6.20. The van der Waals surface area contributed by atoms with E-state index >= 15 is 0 Å². The van der Waals surface area contributed by atoms with Gasteiger partial charge in [-0.05, 0) is 37.1 Å². The standard InChI is InChI=1S/C18H19N5O2/c1-13(15-4-2-3-14(9-15)10-19)22-8-7-16(12-22)21-18-6-5-17(11-20-18)23(24)25/h2-6,9,11,13,16H,7-8,12H2,1H3,(H,20,21)/t13-,16-/m0/s1. The van der Waals surface area contributed by atoms with Crippen molar-refractivity contribution in [2.75, 3.05) is 18.4 Å². The van der Waals surface area contributed by atoms with Gasteiger partial charge in [0.15, 0.2) is 0 Å². The van der Waals surface area contributed by atoms with Gasteiger partial charge < -0.3 is 5.32 Å². The van der Waals surface area contributed by atoms with Crippen LogP contribution in [0.3, 0.4) is 0 Å². The fourth-order valence-corrected chi connectivity index (χ4v) is 3.12. The van der Waals surface area contributed by atoms with E-state index in [1.807, 2.05) is 24.3 Å². The monoisotopic (exact) mass is 337 g/mol. The molecule has 25 heavy (non-hydrogen) atoms. The predicted octanol–water partition coefficient (Wildman–Crippen LogP) is 3.11. The SMILES string of the molecule is C[C@@H](c1cccc(C#N)c1)N1CC[C@H](Nc2ccc([N+](=O)[O-])cn2)C1. The van der Waals surface area contributed by atoms with Gasteiger partial charge in [0.2, 0.25) is 0 Å². The van der Waals surface area contributed by atoms with Crippen LogP contribution in [0.5, 0.6) is 0 Å². The Bertz CT molecular complexity index is 800.